The molecule has 0 atom stereocenters. The van der Waals surface area contributed by atoms with Crippen LogP contribution in [0, 0.1) is 18.7 Å². The number of sulfonamides is 1. The van der Waals surface area contributed by atoms with Crippen LogP contribution in [0.4, 0.5) is 10.1 Å². The molecule has 0 aromatic heterocycles. The number of halogens is 1. The van der Waals surface area contributed by atoms with E-state index in [4.69, 9.17) is 5.73 Å². The molecule has 1 aliphatic rings. The van der Waals surface area contributed by atoms with Gasteiger partial charge in [0.15, 0.2) is 0 Å². The molecule has 0 radical (unpaired) electrons. The van der Waals surface area contributed by atoms with Crippen molar-refractivity contribution >= 4 is 15.7 Å². The molecule has 118 valence electrons. The zero-order valence-electron chi connectivity index (χ0n) is 12.0. The summed E-state index contributed by atoms with van der Waals surface area (Å²) in [5.41, 5.74) is 5.98. The maximum Gasteiger partial charge on any atom is 0.240 e. The smallest absolute Gasteiger partial charge is 0.240 e. The number of nitrogen functional groups attached to an aromatic ring is 1. The number of nitrogens with one attached hydrogen (secondary N) is 1. The van der Waals surface area contributed by atoms with E-state index in [2.05, 4.69) is 4.72 Å². The third-order valence-corrected chi connectivity index (χ3v) is 5.45. The lowest BCUT2D eigenvalue weighted by atomic mass is 9.88. The summed E-state index contributed by atoms with van der Waals surface area (Å²) in [6.45, 7) is 1.80. The normalized spacial score (nSPS) is 23.2. The number of nitrogens with two attached hydrogens (primary N) is 1. The molecule has 0 saturated heterocycles. The highest BCUT2D eigenvalue weighted by molar-refractivity contribution is 7.89. The van der Waals surface area contributed by atoms with Crippen molar-refractivity contribution in [3.05, 3.63) is 23.5 Å². The van der Waals surface area contributed by atoms with Gasteiger partial charge in [-0.25, -0.2) is 17.5 Å². The van der Waals surface area contributed by atoms with E-state index in [0.717, 1.165) is 18.9 Å². The van der Waals surface area contributed by atoms with Crippen molar-refractivity contribution in [3.63, 3.8) is 0 Å². The summed E-state index contributed by atoms with van der Waals surface area (Å²) in [5.74, 6) is -0.424. The molecule has 1 fully saturated rings. The second-order valence-corrected chi connectivity index (χ2v) is 7.41. The Hall–Kier alpha value is -1.18. The molecular weight excluding hydrogens is 295 g/mol. The molecule has 1 aliphatic carbocycles. The van der Waals surface area contributed by atoms with Gasteiger partial charge in [0.2, 0.25) is 10.0 Å². The van der Waals surface area contributed by atoms with Crippen LogP contribution in [-0.2, 0) is 10.0 Å². The molecule has 0 aliphatic heterocycles. The Kier molecular flexibility index (Phi) is 4.85. The van der Waals surface area contributed by atoms with Crippen molar-refractivity contribution in [1.29, 1.82) is 0 Å². The van der Waals surface area contributed by atoms with Gasteiger partial charge in [-0.05, 0) is 50.7 Å². The number of hydrogen-bond donors (Lipinski definition) is 3. The van der Waals surface area contributed by atoms with Gasteiger partial charge in [-0.15, -0.1) is 0 Å². The molecule has 0 spiro atoms. The number of hydrogen-bond acceptors (Lipinski definition) is 4. The van der Waals surface area contributed by atoms with Crippen molar-refractivity contribution < 1.29 is 17.9 Å². The summed E-state index contributed by atoms with van der Waals surface area (Å²) < 4.78 is 40.5. The van der Waals surface area contributed by atoms with Gasteiger partial charge in [-0.3, -0.25) is 0 Å². The van der Waals surface area contributed by atoms with Crippen molar-refractivity contribution in [3.8, 4) is 0 Å². The standard InChI is InChI=1S/C14H21FN2O3S/c1-9-13(15)6-12(7-14(9)16)21(19,20)17-8-10-2-4-11(18)5-3-10/h6-7,10-11,17-18H,2-5,8,16H2,1H3. The molecule has 0 amide bonds. The van der Waals surface area contributed by atoms with Gasteiger partial charge in [-0.1, -0.05) is 0 Å². The predicted molar refractivity (Wildman–Crippen MR) is 78.7 cm³/mol. The predicted octanol–water partition coefficient (Wildman–Crippen LogP) is 1.55. The molecular formula is C14H21FN2O3S. The Morgan fingerprint density at radius 3 is 2.52 bits per heavy atom. The lowest BCUT2D eigenvalue weighted by Gasteiger charge is -2.25. The van der Waals surface area contributed by atoms with Crippen LogP contribution in [0.15, 0.2) is 17.0 Å². The molecule has 1 saturated carbocycles. The Balaban J connectivity index is 2.05. The minimum Gasteiger partial charge on any atom is -0.398 e. The molecule has 0 unspecified atom stereocenters. The first kappa shape index (κ1) is 16.2. The fourth-order valence-corrected chi connectivity index (χ4v) is 3.65. The SMILES string of the molecule is Cc1c(N)cc(S(=O)(=O)NCC2CCC(O)CC2)cc1F. The third kappa shape index (κ3) is 3.93. The highest BCUT2D eigenvalue weighted by atomic mass is 32.2. The van der Waals surface area contributed by atoms with Gasteiger partial charge >= 0.3 is 0 Å². The largest absolute Gasteiger partial charge is 0.398 e. The van der Waals surface area contributed by atoms with E-state index in [1.54, 1.807) is 0 Å². The van der Waals surface area contributed by atoms with Gasteiger partial charge in [0.25, 0.3) is 0 Å². The molecule has 2 rings (SSSR count). The highest BCUT2D eigenvalue weighted by Crippen LogP contribution is 2.25. The quantitative estimate of drug-likeness (QED) is 0.735. The Morgan fingerprint density at radius 2 is 1.95 bits per heavy atom. The average molecular weight is 316 g/mol. The van der Waals surface area contributed by atoms with Crippen molar-refractivity contribution in [2.24, 2.45) is 5.92 Å². The number of rotatable bonds is 4. The Bertz CT molecular complexity index is 588. The first-order valence-corrected chi connectivity index (χ1v) is 8.51. The average Bonchev–Trinajstić information content (AvgIpc) is 2.43. The van der Waals surface area contributed by atoms with Crippen molar-refractivity contribution in [2.45, 2.75) is 43.6 Å². The molecule has 0 heterocycles. The lowest BCUT2D eigenvalue weighted by Crippen LogP contribution is -2.32. The van der Waals surface area contributed by atoms with Crippen LogP contribution >= 0.6 is 0 Å². The van der Waals surface area contributed by atoms with E-state index in [1.807, 2.05) is 0 Å². The first-order valence-electron chi connectivity index (χ1n) is 7.03. The van der Waals surface area contributed by atoms with Gasteiger partial charge in [0, 0.05) is 17.8 Å². The zero-order chi connectivity index (χ0) is 15.6. The number of anilines is 1. The molecule has 21 heavy (non-hydrogen) atoms. The van der Waals surface area contributed by atoms with Crippen molar-refractivity contribution in [1.82, 2.24) is 4.72 Å². The van der Waals surface area contributed by atoms with Crippen LogP contribution in [0.5, 0.6) is 0 Å². The second-order valence-electron chi connectivity index (χ2n) is 5.65. The lowest BCUT2D eigenvalue weighted by molar-refractivity contribution is 0.109. The maximum atomic E-state index is 13.6. The Morgan fingerprint density at radius 1 is 1.33 bits per heavy atom. The monoisotopic (exact) mass is 316 g/mol. The highest BCUT2D eigenvalue weighted by Gasteiger charge is 2.23. The van der Waals surface area contributed by atoms with E-state index in [0.29, 0.717) is 19.4 Å². The van der Waals surface area contributed by atoms with Crippen LogP contribution in [0.25, 0.3) is 0 Å². The van der Waals surface area contributed by atoms with E-state index >= 15 is 0 Å². The molecule has 1 aromatic rings. The minimum atomic E-state index is -3.77. The van der Waals surface area contributed by atoms with E-state index < -0.39 is 15.8 Å². The van der Waals surface area contributed by atoms with Gasteiger partial charge in [0.1, 0.15) is 5.82 Å². The summed E-state index contributed by atoms with van der Waals surface area (Å²) in [7, 11) is -3.77. The minimum absolute atomic E-state index is 0.121. The van der Waals surface area contributed by atoms with Gasteiger partial charge in [0.05, 0.1) is 11.0 Å². The fraction of sp³-hybridized carbons (Fsp3) is 0.571. The zero-order valence-corrected chi connectivity index (χ0v) is 12.8. The van der Waals surface area contributed by atoms with Crippen LogP contribution in [0.2, 0.25) is 0 Å². The summed E-state index contributed by atoms with van der Waals surface area (Å²) in [6.07, 6.45) is 2.68. The summed E-state index contributed by atoms with van der Waals surface area (Å²) in [4.78, 5) is -0.154. The number of benzene rings is 1. The summed E-state index contributed by atoms with van der Waals surface area (Å²) in [5, 5.41) is 9.43. The first-order chi connectivity index (χ1) is 9.79. The van der Waals surface area contributed by atoms with E-state index in [9.17, 15) is 17.9 Å². The molecule has 7 heteroatoms. The maximum absolute atomic E-state index is 13.6. The van der Waals surface area contributed by atoms with E-state index in [1.165, 1.54) is 13.0 Å². The van der Waals surface area contributed by atoms with Crippen LogP contribution < -0.4 is 10.5 Å². The molecule has 1 aromatic carbocycles. The van der Waals surface area contributed by atoms with Gasteiger partial charge in [-0.2, -0.15) is 0 Å². The fourth-order valence-electron chi connectivity index (χ4n) is 2.49. The number of aliphatic hydroxyl groups is 1. The van der Waals surface area contributed by atoms with E-state index in [-0.39, 0.29) is 28.2 Å². The summed E-state index contributed by atoms with van der Waals surface area (Å²) >= 11 is 0. The topological polar surface area (TPSA) is 92.4 Å². The molecule has 4 N–H and O–H groups in total. The second kappa shape index (κ2) is 6.29. The molecule has 0 bridgehead atoms. The molecule has 5 nitrogen and oxygen atoms in total. The van der Waals surface area contributed by atoms with Gasteiger partial charge < -0.3 is 10.8 Å². The summed E-state index contributed by atoms with van der Waals surface area (Å²) in [6, 6.07) is 2.25. The van der Waals surface area contributed by atoms with Crippen molar-refractivity contribution in [2.75, 3.05) is 12.3 Å². The number of aliphatic hydroxyl groups excluding tert-OH is 1. The van der Waals surface area contributed by atoms with Crippen LogP contribution in [0.1, 0.15) is 31.2 Å². The third-order valence-electron chi connectivity index (χ3n) is 4.05. The Labute approximate surface area is 124 Å². The van der Waals surface area contributed by atoms with Crippen LogP contribution in [0.3, 0.4) is 0 Å². The van der Waals surface area contributed by atoms with Crippen LogP contribution in [-0.4, -0.2) is 26.2 Å².